The third-order valence-electron chi connectivity index (χ3n) is 2.28. The van der Waals surface area contributed by atoms with Gasteiger partial charge in [0.15, 0.2) is 5.78 Å². The van der Waals surface area contributed by atoms with Gasteiger partial charge in [0.2, 0.25) is 0 Å². The first-order chi connectivity index (χ1) is 7.78. The predicted octanol–water partition coefficient (Wildman–Crippen LogP) is 4.02. The fourth-order valence-electron chi connectivity index (χ4n) is 1.58. The third-order valence-corrected chi connectivity index (χ3v) is 2.28. The van der Waals surface area contributed by atoms with Crippen LogP contribution in [0.2, 0.25) is 0 Å². The van der Waals surface area contributed by atoms with E-state index in [4.69, 9.17) is 0 Å². The maximum atomic E-state index is 12.0. The molecule has 4 heteroatoms. The zero-order valence-electron chi connectivity index (χ0n) is 9.84. The molecule has 0 aromatic heterocycles. The van der Waals surface area contributed by atoms with Gasteiger partial charge in [-0.1, -0.05) is 38.1 Å². The maximum absolute atomic E-state index is 12.0. The van der Waals surface area contributed by atoms with Crippen molar-refractivity contribution in [1.29, 1.82) is 0 Å². The molecule has 0 heterocycles. The largest absolute Gasteiger partial charge is 0.396 e. The van der Waals surface area contributed by atoms with E-state index in [-0.39, 0.29) is 5.56 Å². The second-order valence-electron chi connectivity index (χ2n) is 4.51. The molecule has 0 N–H and O–H groups in total. The van der Waals surface area contributed by atoms with Gasteiger partial charge in [-0.3, -0.25) is 4.79 Å². The van der Waals surface area contributed by atoms with Crippen LogP contribution in [-0.4, -0.2) is 12.0 Å². The average molecular weight is 244 g/mol. The van der Waals surface area contributed by atoms with Gasteiger partial charge in [0.25, 0.3) is 0 Å². The Balaban J connectivity index is 2.71. The Morgan fingerprint density at radius 2 is 1.71 bits per heavy atom. The van der Waals surface area contributed by atoms with Gasteiger partial charge in [-0.2, -0.15) is 13.2 Å². The highest BCUT2D eigenvalue weighted by molar-refractivity contribution is 5.96. The Hall–Kier alpha value is -1.32. The van der Waals surface area contributed by atoms with Gasteiger partial charge in [0.1, 0.15) is 6.42 Å². The van der Waals surface area contributed by atoms with E-state index in [0.29, 0.717) is 5.92 Å². The van der Waals surface area contributed by atoms with Gasteiger partial charge in [-0.05, 0) is 17.9 Å². The lowest BCUT2D eigenvalue weighted by molar-refractivity contribution is -0.125. The SMILES string of the molecule is CC(C)Cc1ccc(C(=O)CC(F)(F)F)cc1. The molecule has 1 aromatic carbocycles. The van der Waals surface area contributed by atoms with Crippen molar-refractivity contribution in [3.63, 3.8) is 0 Å². The molecule has 0 spiro atoms. The smallest absolute Gasteiger partial charge is 0.294 e. The van der Waals surface area contributed by atoms with E-state index >= 15 is 0 Å². The number of rotatable bonds is 4. The molecule has 0 bridgehead atoms. The first-order valence-electron chi connectivity index (χ1n) is 5.47. The Morgan fingerprint density at radius 1 is 1.18 bits per heavy atom. The number of hydrogen-bond acceptors (Lipinski definition) is 1. The van der Waals surface area contributed by atoms with E-state index in [1.165, 1.54) is 12.1 Å². The van der Waals surface area contributed by atoms with Crippen LogP contribution in [-0.2, 0) is 6.42 Å². The number of carbonyl (C=O) groups is 1. The van der Waals surface area contributed by atoms with Gasteiger partial charge in [0.05, 0.1) is 0 Å². The summed E-state index contributed by atoms with van der Waals surface area (Å²) in [6.07, 6.45) is -4.97. The minimum atomic E-state index is -4.44. The van der Waals surface area contributed by atoms with E-state index < -0.39 is 18.4 Å². The molecule has 17 heavy (non-hydrogen) atoms. The van der Waals surface area contributed by atoms with Gasteiger partial charge in [-0.15, -0.1) is 0 Å². The molecule has 0 aliphatic heterocycles. The van der Waals surface area contributed by atoms with Crippen LogP contribution in [0, 0.1) is 5.92 Å². The van der Waals surface area contributed by atoms with Crippen LogP contribution in [0.15, 0.2) is 24.3 Å². The first kappa shape index (κ1) is 13.7. The standard InChI is InChI=1S/C13H15F3O/c1-9(2)7-10-3-5-11(6-4-10)12(17)8-13(14,15)16/h3-6,9H,7-8H2,1-2H3. The van der Waals surface area contributed by atoms with Crippen molar-refractivity contribution in [1.82, 2.24) is 0 Å². The van der Waals surface area contributed by atoms with Crippen LogP contribution in [0.25, 0.3) is 0 Å². The minimum absolute atomic E-state index is 0.120. The van der Waals surface area contributed by atoms with Crippen LogP contribution < -0.4 is 0 Å². The average Bonchev–Trinajstić information content (AvgIpc) is 2.15. The molecule has 1 rings (SSSR count). The number of ketones is 1. The van der Waals surface area contributed by atoms with E-state index in [1.54, 1.807) is 12.1 Å². The second kappa shape index (κ2) is 5.34. The fraction of sp³-hybridized carbons (Fsp3) is 0.462. The maximum Gasteiger partial charge on any atom is 0.396 e. The van der Waals surface area contributed by atoms with Crippen LogP contribution in [0.5, 0.6) is 0 Å². The Labute approximate surface area is 98.6 Å². The molecule has 0 aliphatic carbocycles. The van der Waals surface area contributed by atoms with E-state index in [0.717, 1.165) is 12.0 Å². The lowest BCUT2D eigenvalue weighted by atomic mass is 10.00. The third kappa shape index (κ3) is 5.02. The summed E-state index contributed by atoms with van der Waals surface area (Å²) >= 11 is 0. The normalized spacial score (nSPS) is 11.9. The lowest BCUT2D eigenvalue weighted by Gasteiger charge is -2.07. The Bertz CT molecular complexity index is 377. The van der Waals surface area contributed by atoms with Crippen LogP contribution in [0.3, 0.4) is 0 Å². The monoisotopic (exact) mass is 244 g/mol. The summed E-state index contributed by atoms with van der Waals surface area (Å²) in [6, 6.07) is 6.35. The van der Waals surface area contributed by atoms with E-state index in [9.17, 15) is 18.0 Å². The summed E-state index contributed by atoms with van der Waals surface area (Å²) in [5.41, 5.74) is 1.15. The molecular weight excluding hydrogens is 229 g/mol. The van der Waals surface area contributed by atoms with Gasteiger partial charge < -0.3 is 0 Å². The molecule has 0 aliphatic rings. The van der Waals surface area contributed by atoms with E-state index in [1.807, 2.05) is 0 Å². The lowest BCUT2D eigenvalue weighted by Crippen LogP contribution is -2.14. The van der Waals surface area contributed by atoms with Crippen molar-refractivity contribution in [2.45, 2.75) is 32.9 Å². The zero-order chi connectivity index (χ0) is 13.1. The number of carbonyl (C=O) groups excluding carboxylic acids is 1. The topological polar surface area (TPSA) is 17.1 Å². The molecule has 0 saturated carbocycles. The molecule has 1 aromatic rings. The Morgan fingerprint density at radius 3 is 2.12 bits per heavy atom. The molecule has 0 amide bonds. The quantitative estimate of drug-likeness (QED) is 0.731. The number of Topliss-reactive ketones (excluding diaryl/α,β-unsaturated/α-hetero) is 1. The zero-order valence-corrected chi connectivity index (χ0v) is 9.84. The number of hydrogen-bond donors (Lipinski definition) is 0. The van der Waals surface area contributed by atoms with Crippen LogP contribution in [0.1, 0.15) is 36.2 Å². The van der Waals surface area contributed by atoms with E-state index in [2.05, 4.69) is 13.8 Å². The minimum Gasteiger partial charge on any atom is -0.294 e. The molecule has 1 nitrogen and oxygen atoms in total. The van der Waals surface area contributed by atoms with Crippen molar-refractivity contribution in [2.75, 3.05) is 0 Å². The van der Waals surface area contributed by atoms with Crippen molar-refractivity contribution < 1.29 is 18.0 Å². The number of halogens is 3. The molecule has 0 fully saturated rings. The van der Waals surface area contributed by atoms with Gasteiger partial charge in [-0.25, -0.2) is 0 Å². The van der Waals surface area contributed by atoms with Gasteiger partial charge in [0, 0.05) is 5.56 Å². The summed E-state index contributed by atoms with van der Waals surface area (Å²) in [4.78, 5) is 11.3. The molecule has 94 valence electrons. The van der Waals surface area contributed by atoms with Crippen molar-refractivity contribution in [3.05, 3.63) is 35.4 Å². The predicted molar refractivity (Wildman–Crippen MR) is 60.0 cm³/mol. The molecule has 0 radical (unpaired) electrons. The highest BCUT2D eigenvalue weighted by atomic mass is 19.4. The summed E-state index contributed by atoms with van der Waals surface area (Å²) in [6.45, 7) is 4.12. The van der Waals surface area contributed by atoms with Crippen molar-refractivity contribution in [3.8, 4) is 0 Å². The molecule has 0 saturated heterocycles. The summed E-state index contributed by atoms with van der Waals surface area (Å²) in [7, 11) is 0. The number of alkyl halides is 3. The van der Waals surface area contributed by atoms with Crippen molar-refractivity contribution in [2.24, 2.45) is 5.92 Å². The first-order valence-corrected chi connectivity index (χ1v) is 5.47. The highest BCUT2D eigenvalue weighted by Gasteiger charge is 2.31. The highest BCUT2D eigenvalue weighted by Crippen LogP contribution is 2.22. The summed E-state index contributed by atoms with van der Waals surface area (Å²) in [5.74, 6) is -0.402. The van der Waals surface area contributed by atoms with Crippen LogP contribution in [0.4, 0.5) is 13.2 Å². The van der Waals surface area contributed by atoms with Crippen molar-refractivity contribution >= 4 is 5.78 Å². The molecule has 0 atom stereocenters. The molecule has 0 unspecified atom stereocenters. The van der Waals surface area contributed by atoms with Crippen LogP contribution >= 0.6 is 0 Å². The fourth-order valence-corrected chi connectivity index (χ4v) is 1.58. The second-order valence-corrected chi connectivity index (χ2v) is 4.51. The number of benzene rings is 1. The van der Waals surface area contributed by atoms with Gasteiger partial charge >= 0.3 is 6.18 Å². The molecular formula is C13H15F3O. The summed E-state index contributed by atoms with van der Waals surface area (Å²) < 4.78 is 36.1. The summed E-state index contributed by atoms with van der Waals surface area (Å²) in [5, 5.41) is 0. The Kier molecular flexibility index (Phi) is 4.32.